The molecule has 2 aliphatic carbocycles. The Hall–Kier alpha value is -5.20. The third-order valence-corrected chi connectivity index (χ3v) is 9.37. The maximum Gasteiger partial charge on any atom is 0.0131 e. The molecule has 7 aromatic rings. The summed E-state index contributed by atoms with van der Waals surface area (Å²) in [5.74, 6) is 0.789. The fourth-order valence-corrected chi connectivity index (χ4v) is 7.52. The van der Waals surface area contributed by atoms with E-state index in [1.807, 2.05) is 0 Å². The predicted molar refractivity (Wildman–Crippen MR) is 181 cm³/mol. The Morgan fingerprint density at radius 1 is 0.429 bits per heavy atom. The molecule has 0 aromatic heterocycles. The minimum atomic E-state index is 0.373. The minimum Gasteiger partial charge on any atom is -0.0767 e. The van der Waals surface area contributed by atoms with Crippen molar-refractivity contribution in [2.75, 3.05) is 0 Å². The summed E-state index contributed by atoms with van der Waals surface area (Å²) in [4.78, 5) is 0. The number of allylic oxidation sites excluding steroid dienone is 5. The van der Waals surface area contributed by atoms with E-state index in [9.17, 15) is 0 Å². The molecule has 0 bridgehead atoms. The van der Waals surface area contributed by atoms with Crippen molar-refractivity contribution in [3.8, 4) is 22.3 Å². The first-order valence-corrected chi connectivity index (χ1v) is 14.9. The standard InChI is InChI=1S/C42H28/c1-2-13-29-25-30(23-21-27(29)11-1)41-35-17-7-9-19-37(35)42(38-20-10-8-18-36(38)41)39-26-31-24-22-28-12-3-4-14-32(28)40(31)34-16-6-5-15-33(34)39/h1-26,28,32H. The van der Waals surface area contributed by atoms with Gasteiger partial charge in [-0.25, -0.2) is 0 Å². The molecule has 9 rings (SSSR count). The van der Waals surface area contributed by atoms with Crippen LogP contribution in [0.3, 0.4) is 0 Å². The monoisotopic (exact) mass is 532 g/mol. The number of hydrogen-bond donors (Lipinski definition) is 0. The molecule has 2 unspecified atom stereocenters. The van der Waals surface area contributed by atoms with Gasteiger partial charge in [-0.15, -0.1) is 0 Å². The van der Waals surface area contributed by atoms with Gasteiger partial charge < -0.3 is 0 Å². The summed E-state index contributed by atoms with van der Waals surface area (Å²) >= 11 is 0. The van der Waals surface area contributed by atoms with Gasteiger partial charge in [0.2, 0.25) is 0 Å². The Labute approximate surface area is 245 Å². The molecule has 2 atom stereocenters. The lowest BCUT2D eigenvalue weighted by Gasteiger charge is -2.30. The Kier molecular flexibility index (Phi) is 5.12. The van der Waals surface area contributed by atoms with Gasteiger partial charge in [0.15, 0.2) is 0 Å². The highest BCUT2D eigenvalue weighted by atomic mass is 14.3. The molecule has 0 spiro atoms. The zero-order chi connectivity index (χ0) is 27.6. The van der Waals surface area contributed by atoms with Crippen LogP contribution in [0.2, 0.25) is 0 Å². The summed E-state index contributed by atoms with van der Waals surface area (Å²) in [6.45, 7) is 0. The first kappa shape index (κ1) is 23.5. The zero-order valence-electron chi connectivity index (χ0n) is 23.2. The Morgan fingerprint density at radius 3 is 1.76 bits per heavy atom. The summed E-state index contributed by atoms with van der Waals surface area (Å²) < 4.78 is 0. The van der Waals surface area contributed by atoms with Crippen LogP contribution in [0, 0.1) is 5.92 Å². The predicted octanol–water partition coefficient (Wildman–Crippen LogP) is 11.5. The fourth-order valence-electron chi connectivity index (χ4n) is 7.52. The molecule has 0 N–H and O–H groups in total. The van der Waals surface area contributed by atoms with Crippen LogP contribution in [0.4, 0.5) is 0 Å². The van der Waals surface area contributed by atoms with Crippen LogP contribution < -0.4 is 0 Å². The number of hydrogen-bond acceptors (Lipinski definition) is 0. The van der Waals surface area contributed by atoms with E-state index < -0.39 is 0 Å². The lowest BCUT2D eigenvalue weighted by molar-refractivity contribution is 0.697. The smallest absolute Gasteiger partial charge is 0.0131 e. The van der Waals surface area contributed by atoms with E-state index >= 15 is 0 Å². The molecule has 7 aromatic carbocycles. The topological polar surface area (TPSA) is 0 Å². The minimum absolute atomic E-state index is 0.373. The van der Waals surface area contributed by atoms with Gasteiger partial charge in [-0.3, -0.25) is 0 Å². The van der Waals surface area contributed by atoms with Crippen molar-refractivity contribution in [2.24, 2.45) is 5.92 Å². The first-order chi connectivity index (χ1) is 20.8. The van der Waals surface area contributed by atoms with Gasteiger partial charge in [-0.1, -0.05) is 146 Å². The van der Waals surface area contributed by atoms with Gasteiger partial charge in [-0.05, 0) is 88.6 Å². The first-order valence-electron chi connectivity index (χ1n) is 14.9. The summed E-state index contributed by atoms with van der Waals surface area (Å²) in [6, 6.07) is 45.0. The normalized spacial score (nSPS) is 17.2. The summed E-state index contributed by atoms with van der Waals surface area (Å²) in [7, 11) is 0. The van der Waals surface area contributed by atoms with Crippen molar-refractivity contribution in [3.63, 3.8) is 0 Å². The van der Waals surface area contributed by atoms with E-state index in [1.54, 1.807) is 0 Å². The molecule has 0 saturated heterocycles. The fraction of sp³-hybridized carbons (Fsp3) is 0.0476. The molecule has 0 heteroatoms. The lowest BCUT2D eigenvalue weighted by Crippen LogP contribution is -2.14. The van der Waals surface area contributed by atoms with Crippen molar-refractivity contribution >= 4 is 49.2 Å². The van der Waals surface area contributed by atoms with Crippen molar-refractivity contribution in [3.05, 3.63) is 163 Å². The average molecular weight is 533 g/mol. The second-order valence-corrected chi connectivity index (χ2v) is 11.6. The lowest BCUT2D eigenvalue weighted by atomic mass is 9.74. The molecule has 2 aliphatic rings. The number of fused-ring (bicyclic) bond motifs is 8. The van der Waals surface area contributed by atoms with E-state index in [0.717, 1.165) is 0 Å². The summed E-state index contributed by atoms with van der Waals surface area (Å²) in [5.41, 5.74) is 7.97. The maximum atomic E-state index is 2.46. The molecule has 0 heterocycles. The summed E-state index contributed by atoms with van der Waals surface area (Å²) in [5, 5.41) is 10.4. The van der Waals surface area contributed by atoms with Gasteiger partial charge in [0.25, 0.3) is 0 Å². The molecule has 42 heavy (non-hydrogen) atoms. The van der Waals surface area contributed by atoms with Crippen LogP contribution >= 0.6 is 0 Å². The van der Waals surface area contributed by atoms with E-state index in [-0.39, 0.29) is 0 Å². The van der Waals surface area contributed by atoms with Crippen molar-refractivity contribution < 1.29 is 0 Å². The van der Waals surface area contributed by atoms with Gasteiger partial charge in [-0.2, -0.15) is 0 Å². The van der Waals surface area contributed by atoms with Crippen molar-refractivity contribution in [1.82, 2.24) is 0 Å². The van der Waals surface area contributed by atoms with Crippen molar-refractivity contribution in [2.45, 2.75) is 5.92 Å². The van der Waals surface area contributed by atoms with Gasteiger partial charge in [0.05, 0.1) is 0 Å². The molecule has 0 aliphatic heterocycles. The van der Waals surface area contributed by atoms with Crippen molar-refractivity contribution in [1.29, 1.82) is 0 Å². The second kappa shape index (κ2) is 9.16. The van der Waals surface area contributed by atoms with Gasteiger partial charge in [0, 0.05) is 11.8 Å². The number of benzene rings is 7. The Bertz CT molecular complexity index is 2250. The molecule has 0 radical (unpaired) electrons. The maximum absolute atomic E-state index is 2.46. The van der Waals surface area contributed by atoms with Crippen LogP contribution in [-0.2, 0) is 0 Å². The molecule has 0 fully saturated rings. The van der Waals surface area contributed by atoms with Crippen LogP contribution in [-0.4, -0.2) is 0 Å². The average Bonchev–Trinajstić information content (AvgIpc) is 3.06. The molecule has 0 nitrogen and oxygen atoms in total. The highest BCUT2D eigenvalue weighted by molar-refractivity contribution is 6.24. The van der Waals surface area contributed by atoms with Crippen LogP contribution in [0.1, 0.15) is 17.0 Å². The van der Waals surface area contributed by atoms with E-state index in [1.165, 1.54) is 76.5 Å². The van der Waals surface area contributed by atoms with E-state index in [4.69, 9.17) is 0 Å². The zero-order valence-corrected chi connectivity index (χ0v) is 23.2. The third-order valence-electron chi connectivity index (χ3n) is 9.37. The quantitative estimate of drug-likeness (QED) is 0.194. The Balaban J connectivity index is 1.40. The molecule has 0 amide bonds. The van der Waals surface area contributed by atoms with E-state index in [2.05, 4.69) is 158 Å². The second-order valence-electron chi connectivity index (χ2n) is 11.6. The van der Waals surface area contributed by atoms with Crippen LogP contribution in [0.5, 0.6) is 0 Å². The van der Waals surface area contributed by atoms with Crippen LogP contribution in [0.25, 0.3) is 71.4 Å². The highest BCUT2D eigenvalue weighted by Crippen LogP contribution is 2.49. The molecular formula is C42H28. The largest absolute Gasteiger partial charge is 0.0767 e. The van der Waals surface area contributed by atoms with Gasteiger partial charge in [0.1, 0.15) is 0 Å². The molecule has 0 saturated carbocycles. The third kappa shape index (κ3) is 3.42. The molecular weight excluding hydrogens is 504 g/mol. The Morgan fingerprint density at radius 2 is 1.02 bits per heavy atom. The summed E-state index contributed by atoms with van der Waals surface area (Å²) in [6.07, 6.45) is 13.8. The highest BCUT2D eigenvalue weighted by Gasteiger charge is 2.28. The van der Waals surface area contributed by atoms with Crippen LogP contribution in [0.15, 0.2) is 152 Å². The SMILES string of the molecule is C1=CC2C=Cc3cc(-c4c5ccccc5c(-c5ccc6ccccc6c5)c5ccccc45)c4ccccc4c3C2C=C1. The number of rotatable bonds is 2. The molecule has 196 valence electrons. The van der Waals surface area contributed by atoms with E-state index in [0.29, 0.717) is 11.8 Å². The van der Waals surface area contributed by atoms with Gasteiger partial charge >= 0.3 is 0 Å².